The van der Waals surface area contributed by atoms with Gasteiger partial charge in [0.25, 0.3) is 0 Å². The number of benzene rings is 6. The van der Waals surface area contributed by atoms with Crippen molar-refractivity contribution in [3.05, 3.63) is 133 Å². The molecule has 3 heteroatoms. The average Bonchev–Trinajstić information content (AvgIpc) is 2.97. The highest BCUT2D eigenvalue weighted by molar-refractivity contribution is 6.24. The lowest BCUT2D eigenvalue weighted by molar-refractivity contribution is 1.23. The Bertz CT molecular complexity index is 1850. The minimum atomic E-state index is 0.639. The van der Waals surface area contributed by atoms with Gasteiger partial charge in [0.2, 0.25) is 0 Å². The molecule has 7 aromatic rings. The van der Waals surface area contributed by atoms with E-state index in [1.807, 2.05) is 36.5 Å². The Morgan fingerprint density at radius 1 is 0.541 bits per heavy atom. The Hall–Kier alpha value is -5.20. The Morgan fingerprint density at radius 3 is 1.73 bits per heavy atom. The number of hydrogen-bond acceptors (Lipinski definition) is 3. The summed E-state index contributed by atoms with van der Waals surface area (Å²) < 4.78 is 0. The quantitative estimate of drug-likeness (QED) is 0.240. The fourth-order valence-corrected chi connectivity index (χ4v) is 5.37. The molecule has 0 bridgehead atoms. The van der Waals surface area contributed by atoms with Crippen LogP contribution in [-0.2, 0) is 0 Å². The molecular weight excluding hydrogens is 450 g/mol. The van der Waals surface area contributed by atoms with Gasteiger partial charge >= 0.3 is 0 Å². The van der Waals surface area contributed by atoms with Crippen LogP contribution >= 0.6 is 0 Å². The molecule has 1 aromatic heterocycles. The highest BCUT2D eigenvalue weighted by Gasteiger charge is 2.17. The lowest BCUT2D eigenvalue weighted by Gasteiger charge is -2.26. The van der Waals surface area contributed by atoms with Gasteiger partial charge in [-0.3, -0.25) is 4.98 Å². The molecule has 0 fully saturated rings. The molecule has 1 heterocycles. The smallest absolute Gasteiger partial charge is 0.0991 e. The summed E-state index contributed by atoms with van der Waals surface area (Å²) in [6, 6.07) is 42.4. The zero-order valence-electron chi connectivity index (χ0n) is 20.0. The first-order chi connectivity index (χ1) is 18.3. The zero-order chi connectivity index (χ0) is 24.8. The summed E-state index contributed by atoms with van der Waals surface area (Å²) in [6.07, 6.45) is 3.65. The Morgan fingerprint density at radius 2 is 1.16 bits per heavy atom. The maximum Gasteiger partial charge on any atom is 0.0991 e. The van der Waals surface area contributed by atoms with Crippen LogP contribution in [0.1, 0.15) is 5.56 Å². The van der Waals surface area contributed by atoms with Crippen molar-refractivity contribution < 1.29 is 0 Å². The van der Waals surface area contributed by atoms with Crippen molar-refractivity contribution in [1.29, 1.82) is 5.26 Å². The summed E-state index contributed by atoms with van der Waals surface area (Å²) in [5, 5.41) is 16.7. The van der Waals surface area contributed by atoms with Crippen molar-refractivity contribution in [3.63, 3.8) is 0 Å². The average molecular weight is 472 g/mol. The molecule has 0 aliphatic carbocycles. The van der Waals surface area contributed by atoms with Gasteiger partial charge in [0.1, 0.15) is 0 Å². The van der Waals surface area contributed by atoms with Crippen molar-refractivity contribution in [1.82, 2.24) is 4.98 Å². The molecule has 0 saturated carbocycles. The third-order valence-electron chi connectivity index (χ3n) is 7.04. The van der Waals surface area contributed by atoms with Crippen LogP contribution in [0.5, 0.6) is 0 Å². The minimum absolute atomic E-state index is 0.639. The lowest BCUT2D eigenvalue weighted by atomic mass is 9.91. The summed E-state index contributed by atoms with van der Waals surface area (Å²) >= 11 is 0. The topological polar surface area (TPSA) is 39.9 Å². The van der Waals surface area contributed by atoms with E-state index in [1.54, 1.807) is 6.20 Å². The van der Waals surface area contributed by atoms with E-state index in [-0.39, 0.29) is 0 Å². The highest BCUT2D eigenvalue weighted by atomic mass is 15.1. The lowest BCUT2D eigenvalue weighted by Crippen LogP contribution is -2.10. The molecule has 0 radical (unpaired) electrons. The van der Waals surface area contributed by atoms with Gasteiger partial charge in [-0.2, -0.15) is 5.26 Å². The maximum absolute atomic E-state index is 9.28. The molecule has 0 spiro atoms. The second-order valence-electron chi connectivity index (χ2n) is 9.27. The van der Waals surface area contributed by atoms with Gasteiger partial charge in [0, 0.05) is 17.6 Å². The summed E-state index contributed by atoms with van der Waals surface area (Å²) in [7, 11) is 0. The molecule has 0 amide bonds. The van der Waals surface area contributed by atoms with Gasteiger partial charge in [-0.15, -0.1) is 0 Å². The number of aromatic nitrogens is 1. The molecule has 6 aromatic carbocycles. The Balaban J connectivity index is 1.44. The summed E-state index contributed by atoms with van der Waals surface area (Å²) in [5.74, 6) is 0. The summed E-state index contributed by atoms with van der Waals surface area (Å²) in [4.78, 5) is 6.56. The fourth-order valence-electron chi connectivity index (χ4n) is 5.37. The number of rotatable bonds is 4. The van der Waals surface area contributed by atoms with E-state index in [9.17, 15) is 5.26 Å². The molecule has 0 aliphatic rings. The van der Waals surface area contributed by atoms with E-state index in [0.717, 1.165) is 17.1 Å². The van der Waals surface area contributed by atoms with Gasteiger partial charge in [-0.25, -0.2) is 0 Å². The van der Waals surface area contributed by atoms with Crippen LogP contribution in [-0.4, -0.2) is 4.98 Å². The number of nitrogens with zero attached hydrogens (tertiary/aromatic N) is 3. The maximum atomic E-state index is 9.28. The molecule has 0 saturated heterocycles. The summed E-state index contributed by atoms with van der Waals surface area (Å²) in [5.41, 5.74) is 6.09. The van der Waals surface area contributed by atoms with E-state index < -0.39 is 0 Å². The van der Waals surface area contributed by atoms with Crippen LogP contribution < -0.4 is 4.90 Å². The summed E-state index contributed by atoms with van der Waals surface area (Å²) in [6.45, 7) is 0. The minimum Gasteiger partial charge on any atom is -0.309 e. The van der Waals surface area contributed by atoms with Gasteiger partial charge in [-0.1, -0.05) is 54.6 Å². The number of nitriles is 1. The monoisotopic (exact) mass is 471 g/mol. The van der Waals surface area contributed by atoms with Crippen LogP contribution in [0.2, 0.25) is 0 Å². The third-order valence-corrected chi connectivity index (χ3v) is 7.04. The van der Waals surface area contributed by atoms with E-state index in [2.05, 4.69) is 101 Å². The number of hydrogen-bond donors (Lipinski definition) is 0. The zero-order valence-corrected chi connectivity index (χ0v) is 20.0. The van der Waals surface area contributed by atoms with E-state index in [0.29, 0.717) is 5.56 Å². The van der Waals surface area contributed by atoms with Gasteiger partial charge < -0.3 is 4.90 Å². The van der Waals surface area contributed by atoms with E-state index >= 15 is 0 Å². The largest absolute Gasteiger partial charge is 0.309 e. The molecule has 0 unspecified atom stereocenters. The molecule has 0 atom stereocenters. The van der Waals surface area contributed by atoms with E-state index in [1.165, 1.54) is 43.4 Å². The molecule has 0 aliphatic heterocycles. The van der Waals surface area contributed by atoms with Gasteiger partial charge in [0.05, 0.1) is 23.5 Å². The Labute approximate surface area is 214 Å². The molecule has 37 heavy (non-hydrogen) atoms. The van der Waals surface area contributed by atoms with Crippen LogP contribution in [0.25, 0.3) is 43.4 Å². The van der Waals surface area contributed by atoms with Crippen LogP contribution in [0.15, 0.2) is 128 Å². The molecule has 7 rings (SSSR count). The van der Waals surface area contributed by atoms with Crippen molar-refractivity contribution in [2.45, 2.75) is 0 Å². The highest BCUT2D eigenvalue weighted by Crippen LogP contribution is 2.42. The van der Waals surface area contributed by atoms with Crippen molar-refractivity contribution >= 4 is 49.4 Å². The van der Waals surface area contributed by atoms with Crippen LogP contribution in [0, 0.1) is 11.3 Å². The normalized spacial score (nSPS) is 11.2. The molecule has 3 nitrogen and oxygen atoms in total. The number of anilines is 3. The van der Waals surface area contributed by atoms with Crippen molar-refractivity contribution in [2.24, 2.45) is 0 Å². The van der Waals surface area contributed by atoms with Crippen molar-refractivity contribution in [3.8, 4) is 17.2 Å². The fraction of sp³-hybridized carbons (Fsp3) is 0. The van der Waals surface area contributed by atoms with Gasteiger partial charge in [-0.05, 0) is 104 Å². The first kappa shape index (κ1) is 21.1. The van der Waals surface area contributed by atoms with Crippen LogP contribution in [0.4, 0.5) is 17.1 Å². The van der Waals surface area contributed by atoms with E-state index in [4.69, 9.17) is 0 Å². The third kappa shape index (κ3) is 3.55. The van der Waals surface area contributed by atoms with Gasteiger partial charge in [0.15, 0.2) is 0 Å². The SMILES string of the molecule is N#Cc1ccc(N(c2cccnc2)c2cc3ccc4cc(-c5ccccc5)cc5ccc(c2)c3c45)cc1. The predicted molar refractivity (Wildman–Crippen MR) is 153 cm³/mol. The first-order valence-electron chi connectivity index (χ1n) is 12.3. The number of pyridine rings is 1. The molecule has 172 valence electrons. The molecule has 0 N–H and O–H groups in total. The predicted octanol–water partition coefficient (Wildman–Crippen LogP) is 8.99. The Kier molecular flexibility index (Phi) is 4.84. The molecular formula is C34H21N3. The standard InChI is InChI=1S/C34H21N3/c35-21-23-8-14-30(15-9-23)37(31-7-4-16-36-22-31)32-19-27-12-10-25-17-29(24-5-2-1-3-6-24)18-26-11-13-28(20-32)34(27)33(25)26/h1-20,22H. The second kappa shape index (κ2) is 8.48. The van der Waals surface area contributed by atoms with Crippen LogP contribution in [0.3, 0.4) is 0 Å². The van der Waals surface area contributed by atoms with Crippen molar-refractivity contribution in [2.75, 3.05) is 4.90 Å². The first-order valence-corrected chi connectivity index (χ1v) is 12.3. The second-order valence-corrected chi connectivity index (χ2v) is 9.27.